The molecule has 1 rings (SSSR count). The summed E-state index contributed by atoms with van der Waals surface area (Å²) in [6, 6.07) is 0. The number of hydrogen-bond acceptors (Lipinski definition) is 5. The number of aliphatic hydroxyl groups is 1. The molecule has 1 fully saturated rings. The number of ether oxygens (including phenoxy) is 1. The van der Waals surface area contributed by atoms with Crippen molar-refractivity contribution in [3.63, 3.8) is 0 Å². The van der Waals surface area contributed by atoms with Gasteiger partial charge in [0.25, 0.3) is 0 Å². The van der Waals surface area contributed by atoms with Crippen molar-refractivity contribution < 1.29 is 14.6 Å². The Morgan fingerprint density at radius 2 is 2.19 bits per heavy atom. The van der Waals surface area contributed by atoms with E-state index in [1.165, 1.54) is 0 Å². The summed E-state index contributed by atoms with van der Waals surface area (Å²) in [5, 5.41) is 13.7. The van der Waals surface area contributed by atoms with E-state index >= 15 is 0 Å². The summed E-state index contributed by atoms with van der Waals surface area (Å²) in [6.45, 7) is 9.11. The Hall–Kier alpha value is -0.260. The Morgan fingerprint density at radius 3 is 2.76 bits per heavy atom. The second-order valence-corrected chi connectivity index (χ2v) is 7.71. The van der Waals surface area contributed by atoms with Crippen molar-refractivity contribution in [2.24, 2.45) is 0 Å². The van der Waals surface area contributed by atoms with Crippen LogP contribution in [0.2, 0.25) is 0 Å². The normalized spacial score (nSPS) is 28.9. The quantitative estimate of drug-likeness (QED) is 0.674. The molecule has 1 aliphatic rings. The molecular weight excluding hydrogens is 286 g/mol. The van der Waals surface area contributed by atoms with Crippen molar-refractivity contribution in [1.82, 2.24) is 5.32 Å². The minimum Gasteiger partial charge on any atom is -0.465 e. The summed E-state index contributed by atoms with van der Waals surface area (Å²) in [6.07, 6.45) is 4.47. The summed E-state index contributed by atoms with van der Waals surface area (Å²) in [5.41, 5.74) is -0.527. The lowest BCUT2D eigenvalue weighted by Gasteiger charge is -2.40. The first-order valence-electron chi connectivity index (χ1n) is 8.21. The Bertz CT molecular complexity index is 325. The maximum Gasteiger partial charge on any atom is 0.326 e. The van der Waals surface area contributed by atoms with Gasteiger partial charge in [-0.3, -0.25) is 4.79 Å². The molecule has 4 unspecified atom stereocenters. The molecule has 0 saturated heterocycles. The van der Waals surface area contributed by atoms with Gasteiger partial charge in [-0.05, 0) is 52.5 Å². The molecule has 0 aromatic heterocycles. The van der Waals surface area contributed by atoms with Crippen LogP contribution in [0.4, 0.5) is 0 Å². The summed E-state index contributed by atoms with van der Waals surface area (Å²) in [5.74, 6) is -0.103. The van der Waals surface area contributed by atoms with Crippen LogP contribution in [0.5, 0.6) is 0 Å². The highest BCUT2D eigenvalue weighted by Gasteiger charge is 2.44. The van der Waals surface area contributed by atoms with Crippen LogP contribution in [-0.2, 0) is 9.53 Å². The fourth-order valence-corrected chi connectivity index (χ4v) is 4.33. The number of thioether (sulfide) groups is 1. The van der Waals surface area contributed by atoms with Crippen molar-refractivity contribution in [2.45, 2.75) is 81.9 Å². The third-order valence-electron chi connectivity index (χ3n) is 4.17. The minimum absolute atomic E-state index is 0.103. The molecule has 4 nitrogen and oxygen atoms in total. The maximum atomic E-state index is 12.4. The molecule has 1 aliphatic carbocycles. The topological polar surface area (TPSA) is 58.6 Å². The van der Waals surface area contributed by atoms with Crippen molar-refractivity contribution in [1.29, 1.82) is 0 Å². The summed E-state index contributed by atoms with van der Waals surface area (Å²) >= 11 is 1.80. The van der Waals surface area contributed by atoms with Gasteiger partial charge in [0, 0.05) is 10.5 Å². The van der Waals surface area contributed by atoms with Crippen LogP contribution < -0.4 is 5.32 Å². The van der Waals surface area contributed by atoms with E-state index in [1.54, 1.807) is 11.8 Å². The predicted molar refractivity (Wildman–Crippen MR) is 88.6 cm³/mol. The molecule has 0 spiro atoms. The predicted octanol–water partition coefficient (Wildman–Crippen LogP) is 2.73. The number of esters is 1. The first-order valence-corrected chi connectivity index (χ1v) is 9.15. The molecule has 0 aromatic rings. The fraction of sp³-hybridized carbons (Fsp3) is 0.938. The molecule has 124 valence electrons. The molecule has 0 aliphatic heterocycles. The highest BCUT2D eigenvalue weighted by Crippen LogP contribution is 2.38. The van der Waals surface area contributed by atoms with Gasteiger partial charge >= 0.3 is 5.97 Å². The van der Waals surface area contributed by atoms with Gasteiger partial charge in [-0.25, -0.2) is 0 Å². The Labute approximate surface area is 133 Å². The summed E-state index contributed by atoms with van der Waals surface area (Å²) in [7, 11) is 0. The van der Waals surface area contributed by atoms with Gasteiger partial charge < -0.3 is 15.2 Å². The molecule has 21 heavy (non-hydrogen) atoms. The Balaban J connectivity index is 2.74. The van der Waals surface area contributed by atoms with Gasteiger partial charge in [0.1, 0.15) is 5.54 Å². The van der Waals surface area contributed by atoms with Crippen molar-refractivity contribution in [3.8, 4) is 0 Å². The zero-order valence-electron chi connectivity index (χ0n) is 13.9. The molecule has 0 amide bonds. The van der Waals surface area contributed by atoms with E-state index in [2.05, 4.69) is 19.2 Å². The van der Waals surface area contributed by atoms with Crippen LogP contribution in [0.25, 0.3) is 0 Å². The number of nitrogens with one attached hydrogen (secondary N) is 1. The van der Waals surface area contributed by atoms with Crippen LogP contribution in [-0.4, -0.2) is 46.4 Å². The van der Waals surface area contributed by atoms with E-state index in [0.29, 0.717) is 11.9 Å². The molecular formula is C16H31NO3S. The third kappa shape index (κ3) is 5.46. The van der Waals surface area contributed by atoms with Crippen LogP contribution in [0, 0.1) is 0 Å². The minimum atomic E-state index is -0.527. The van der Waals surface area contributed by atoms with Crippen molar-refractivity contribution in [2.75, 3.05) is 13.2 Å². The molecule has 0 radical (unpaired) electrons. The van der Waals surface area contributed by atoms with Crippen molar-refractivity contribution >= 4 is 17.7 Å². The lowest BCUT2D eigenvalue weighted by Crippen LogP contribution is -2.56. The van der Waals surface area contributed by atoms with Crippen LogP contribution in [0.3, 0.4) is 0 Å². The van der Waals surface area contributed by atoms with Crippen LogP contribution in [0.15, 0.2) is 0 Å². The Kier molecular flexibility index (Phi) is 8.06. The number of carbonyl (C=O) groups is 1. The molecule has 0 heterocycles. The smallest absolute Gasteiger partial charge is 0.326 e. The summed E-state index contributed by atoms with van der Waals surface area (Å²) in [4.78, 5) is 12.4. The van der Waals surface area contributed by atoms with Crippen molar-refractivity contribution in [3.05, 3.63) is 0 Å². The van der Waals surface area contributed by atoms with Gasteiger partial charge in [-0.15, -0.1) is 0 Å². The number of hydrogen-bond donors (Lipinski definition) is 2. The highest BCUT2D eigenvalue weighted by atomic mass is 32.2. The standard InChI is InChI=1S/C16H31NO3S/c1-5-10-17-16(15(19)20-6-2)9-7-8-14(11-16)21-13(4)12(3)18/h12-14,17-18H,5-11H2,1-4H3. The van der Waals surface area contributed by atoms with Gasteiger partial charge in [0.15, 0.2) is 0 Å². The first-order chi connectivity index (χ1) is 9.95. The number of aliphatic hydroxyl groups excluding tert-OH is 1. The second kappa shape index (κ2) is 9.01. The first kappa shape index (κ1) is 18.8. The molecule has 0 aromatic carbocycles. The second-order valence-electron chi connectivity index (χ2n) is 6.03. The molecule has 4 atom stereocenters. The van der Waals surface area contributed by atoms with E-state index in [-0.39, 0.29) is 17.3 Å². The highest BCUT2D eigenvalue weighted by molar-refractivity contribution is 8.00. The fourth-order valence-electron chi connectivity index (χ4n) is 2.81. The number of carbonyl (C=O) groups excluding carboxylic acids is 1. The SMILES string of the molecule is CCCNC1(C(=O)OCC)CCCC(SC(C)C(C)O)C1. The van der Waals surface area contributed by atoms with E-state index in [4.69, 9.17) is 4.74 Å². The van der Waals surface area contributed by atoms with E-state index < -0.39 is 5.54 Å². The molecule has 0 bridgehead atoms. The van der Waals surface area contributed by atoms with Crippen LogP contribution in [0.1, 0.15) is 59.8 Å². The van der Waals surface area contributed by atoms with Crippen LogP contribution >= 0.6 is 11.8 Å². The summed E-state index contributed by atoms with van der Waals surface area (Å²) < 4.78 is 5.32. The molecule has 2 N–H and O–H groups in total. The average molecular weight is 317 g/mol. The van der Waals surface area contributed by atoms with Gasteiger partial charge in [-0.2, -0.15) is 11.8 Å². The van der Waals surface area contributed by atoms with Gasteiger partial charge in [0.05, 0.1) is 12.7 Å². The molecule has 1 saturated carbocycles. The van der Waals surface area contributed by atoms with E-state index in [1.807, 2.05) is 13.8 Å². The zero-order valence-corrected chi connectivity index (χ0v) is 14.7. The largest absolute Gasteiger partial charge is 0.465 e. The van der Waals surface area contributed by atoms with E-state index in [9.17, 15) is 9.90 Å². The number of rotatable bonds is 8. The lowest BCUT2D eigenvalue weighted by molar-refractivity contribution is -0.152. The third-order valence-corrected chi connectivity index (χ3v) is 5.78. The monoisotopic (exact) mass is 317 g/mol. The van der Waals surface area contributed by atoms with Gasteiger partial charge in [0.2, 0.25) is 0 Å². The maximum absolute atomic E-state index is 12.4. The zero-order chi connectivity index (χ0) is 15.9. The lowest BCUT2D eigenvalue weighted by atomic mass is 9.81. The Morgan fingerprint density at radius 1 is 1.48 bits per heavy atom. The van der Waals surface area contributed by atoms with E-state index in [0.717, 1.165) is 38.6 Å². The molecule has 5 heteroatoms. The average Bonchev–Trinajstić information content (AvgIpc) is 2.45. The van der Waals surface area contributed by atoms with Gasteiger partial charge in [-0.1, -0.05) is 13.8 Å².